The summed E-state index contributed by atoms with van der Waals surface area (Å²) in [5.41, 5.74) is 6.88. The predicted molar refractivity (Wildman–Crippen MR) is 87.0 cm³/mol. The Hall–Kier alpha value is -2.62. The number of fused-ring (bicyclic) bond motifs is 1. The summed E-state index contributed by atoms with van der Waals surface area (Å²) in [7, 11) is 0. The molecule has 4 nitrogen and oxygen atoms in total. The van der Waals surface area contributed by atoms with Crippen LogP contribution in [0.5, 0.6) is 5.75 Å². The molecule has 0 aromatic heterocycles. The van der Waals surface area contributed by atoms with E-state index in [0.29, 0.717) is 17.7 Å². The zero-order valence-electron chi connectivity index (χ0n) is 12.9. The maximum absolute atomic E-state index is 12.9. The fourth-order valence-electron chi connectivity index (χ4n) is 3.00. The van der Waals surface area contributed by atoms with Gasteiger partial charge in [-0.25, -0.2) is 0 Å². The zero-order chi connectivity index (χ0) is 16.4. The standard InChI is InChI=1S/C19H19NO3/c1-12(19(20)22)11-15-17(21)14-9-5-6-10-16(14)23-18(15)13-7-3-2-4-8-13/h2-10,12,15,18H,11H2,1H3,(H2,20,22). The van der Waals surface area contributed by atoms with Crippen LogP contribution in [0.25, 0.3) is 0 Å². The minimum atomic E-state index is -0.421. The number of nitrogens with two attached hydrogens (primary N) is 1. The Balaban J connectivity index is 2.01. The molecule has 23 heavy (non-hydrogen) atoms. The first kappa shape index (κ1) is 15.3. The van der Waals surface area contributed by atoms with Crippen LogP contribution in [0.3, 0.4) is 0 Å². The van der Waals surface area contributed by atoms with Gasteiger partial charge in [0.05, 0.1) is 11.5 Å². The molecule has 0 aliphatic carbocycles. The molecule has 0 fully saturated rings. The van der Waals surface area contributed by atoms with E-state index in [9.17, 15) is 9.59 Å². The van der Waals surface area contributed by atoms with Crippen LogP contribution in [0.1, 0.15) is 35.4 Å². The number of primary amides is 1. The molecule has 0 saturated carbocycles. The summed E-state index contributed by atoms with van der Waals surface area (Å²) in [6, 6.07) is 16.9. The van der Waals surface area contributed by atoms with E-state index in [1.165, 1.54) is 0 Å². The molecule has 0 radical (unpaired) electrons. The number of ketones is 1. The van der Waals surface area contributed by atoms with Crippen molar-refractivity contribution in [3.8, 4) is 5.75 Å². The average Bonchev–Trinajstić information content (AvgIpc) is 2.57. The van der Waals surface area contributed by atoms with Gasteiger partial charge in [0.1, 0.15) is 11.9 Å². The van der Waals surface area contributed by atoms with Crippen molar-refractivity contribution < 1.29 is 14.3 Å². The number of ether oxygens (including phenoxy) is 1. The quantitative estimate of drug-likeness (QED) is 0.943. The van der Waals surface area contributed by atoms with Crippen LogP contribution in [0.4, 0.5) is 0 Å². The Kier molecular flexibility index (Phi) is 4.15. The van der Waals surface area contributed by atoms with Crippen molar-refractivity contribution >= 4 is 11.7 Å². The van der Waals surface area contributed by atoms with Crippen molar-refractivity contribution in [2.45, 2.75) is 19.4 Å². The predicted octanol–water partition coefficient (Wildman–Crippen LogP) is 3.13. The second-order valence-electron chi connectivity index (χ2n) is 5.96. The van der Waals surface area contributed by atoms with Crippen LogP contribution in [0.15, 0.2) is 54.6 Å². The minimum absolute atomic E-state index is 0.00815. The van der Waals surface area contributed by atoms with E-state index in [0.717, 1.165) is 5.56 Å². The summed E-state index contributed by atoms with van der Waals surface area (Å²) in [6.45, 7) is 1.75. The summed E-state index contributed by atoms with van der Waals surface area (Å²) >= 11 is 0. The molecule has 1 aliphatic rings. The van der Waals surface area contributed by atoms with Crippen LogP contribution < -0.4 is 10.5 Å². The van der Waals surface area contributed by atoms with Crippen molar-refractivity contribution in [2.75, 3.05) is 0 Å². The van der Waals surface area contributed by atoms with Gasteiger partial charge in [-0.3, -0.25) is 9.59 Å². The summed E-state index contributed by atoms with van der Waals surface area (Å²) in [4.78, 5) is 24.4. The summed E-state index contributed by atoms with van der Waals surface area (Å²) in [5.74, 6) is -0.606. The van der Waals surface area contributed by atoms with Gasteiger partial charge in [-0.05, 0) is 24.1 Å². The van der Waals surface area contributed by atoms with Gasteiger partial charge < -0.3 is 10.5 Å². The highest BCUT2D eigenvalue weighted by Crippen LogP contribution is 2.41. The molecule has 2 aromatic rings. The zero-order valence-corrected chi connectivity index (χ0v) is 12.9. The average molecular weight is 309 g/mol. The Morgan fingerprint density at radius 3 is 2.48 bits per heavy atom. The first-order valence-corrected chi connectivity index (χ1v) is 7.72. The molecule has 2 aromatic carbocycles. The smallest absolute Gasteiger partial charge is 0.220 e. The number of hydrogen-bond acceptors (Lipinski definition) is 3. The van der Waals surface area contributed by atoms with E-state index in [1.807, 2.05) is 42.5 Å². The van der Waals surface area contributed by atoms with E-state index in [1.54, 1.807) is 19.1 Å². The molecule has 3 atom stereocenters. The third kappa shape index (κ3) is 2.97. The van der Waals surface area contributed by atoms with E-state index in [-0.39, 0.29) is 11.7 Å². The molecule has 1 aliphatic heterocycles. The Morgan fingerprint density at radius 1 is 1.13 bits per heavy atom. The molecule has 3 rings (SSSR count). The molecule has 3 unspecified atom stereocenters. The highest BCUT2D eigenvalue weighted by Gasteiger charge is 2.39. The number of carbonyl (C=O) groups is 2. The Labute approximate surface area is 135 Å². The molecule has 1 amide bonds. The highest BCUT2D eigenvalue weighted by molar-refractivity contribution is 6.02. The summed E-state index contributed by atoms with van der Waals surface area (Å²) in [5, 5.41) is 0. The number of para-hydroxylation sites is 1. The highest BCUT2D eigenvalue weighted by atomic mass is 16.5. The number of amides is 1. The van der Waals surface area contributed by atoms with Gasteiger partial charge in [0.15, 0.2) is 5.78 Å². The van der Waals surface area contributed by atoms with Crippen molar-refractivity contribution in [1.29, 1.82) is 0 Å². The SMILES string of the molecule is CC(CC1C(=O)c2ccccc2OC1c1ccccc1)C(N)=O. The third-order valence-electron chi connectivity index (χ3n) is 4.33. The lowest BCUT2D eigenvalue weighted by Gasteiger charge is -2.33. The van der Waals surface area contributed by atoms with Crippen molar-refractivity contribution in [2.24, 2.45) is 17.6 Å². The lowest BCUT2D eigenvalue weighted by atomic mass is 9.80. The fraction of sp³-hybridized carbons (Fsp3) is 0.263. The van der Waals surface area contributed by atoms with Gasteiger partial charge in [0.2, 0.25) is 5.91 Å². The van der Waals surface area contributed by atoms with Gasteiger partial charge in [0.25, 0.3) is 0 Å². The normalized spacial score (nSPS) is 21.2. The van der Waals surface area contributed by atoms with Crippen molar-refractivity contribution in [3.05, 3.63) is 65.7 Å². The third-order valence-corrected chi connectivity index (χ3v) is 4.33. The van der Waals surface area contributed by atoms with Crippen LogP contribution in [-0.4, -0.2) is 11.7 Å². The van der Waals surface area contributed by atoms with Gasteiger partial charge in [-0.1, -0.05) is 49.4 Å². The second kappa shape index (κ2) is 6.24. The van der Waals surface area contributed by atoms with Gasteiger partial charge in [0, 0.05) is 5.92 Å². The Morgan fingerprint density at radius 2 is 1.78 bits per heavy atom. The molecule has 0 saturated heterocycles. The summed E-state index contributed by atoms with van der Waals surface area (Å²) < 4.78 is 6.11. The van der Waals surface area contributed by atoms with Crippen LogP contribution in [0.2, 0.25) is 0 Å². The molecule has 2 N–H and O–H groups in total. The molecule has 118 valence electrons. The number of carbonyl (C=O) groups excluding carboxylic acids is 2. The van der Waals surface area contributed by atoms with Crippen molar-refractivity contribution in [3.63, 3.8) is 0 Å². The van der Waals surface area contributed by atoms with Gasteiger partial charge >= 0.3 is 0 Å². The molecular weight excluding hydrogens is 290 g/mol. The number of benzene rings is 2. The van der Waals surface area contributed by atoms with E-state index in [2.05, 4.69) is 0 Å². The maximum Gasteiger partial charge on any atom is 0.220 e. The topological polar surface area (TPSA) is 69.4 Å². The van der Waals surface area contributed by atoms with E-state index < -0.39 is 17.9 Å². The largest absolute Gasteiger partial charge is 0.484 e. The first-order valence-electron chi connectivity index (χ1n) is 7.72. The molecule has 4 heteroatoms. The number of rotatable bonds is 4. The minimum Gasteiger partial charge on any atom is -0.484 e. The molecule has 1 heterocycles. The molecule has 0 bridgehead atoms. The lowest BCUT2D eigenvalue weighted by molar-refractivity contribution is -0.121. The second-order valence-corrected chi connectivity index (χ2v) is 5.96. The monoisotopic (exact) mass is 309 g/mol. The summed E-state index contributed by atoms with van der Waals surface area (Å²) in [6.07, 6.45) is -0.0254. The lowest BCUT2D eigenvalue weighted by Crippen LogP contribution is -2.35. The van der Waals surface area contributed by atoms with E-state index in [4.69, 9.17) is 10.5 Å². The Bertz CT molecular complexity index is 726. The van der Waals surface area contributed by atoms with Crippen LogP contribution in [0, 0.1) is 11.8 Å². The number of hydrogen-bond donors (Lipinski definition) is 1. The fourth-order valence-corrected chi connectivity index (χ4v) is 3.00. The first-order chi connectivity index (χ1) is 11.1. The van der Waals surface area contributed by atoms with Crippen molar-refractivity contribution in [1.82, 2.24) is 0 Å². The van der Waals surface area contributed by atoms with Gasteiger partial charge in [-0.15, -0.1) is 0 Å². The number of Topliss-reactive ketones (excluding diaryl/α,β-unsaturated/α-hetero) is 1. The molecular formula is C19H19NO3. The van der Waals surface area contributed by atoms with E-state index >= 15 is 0 Å². The molecule has 0 spiro atoms. The van der Waals surface area contributed by atoms with Crippen LogP contribution in [-0.2, 0) is 4.79 Å². The van der Waals surface area contributed by atoms with Gasteiger partial charge in [-0.2, -0.15) is 0 Å². The maximum atomic E-state index is 12.9. The van der Waals surface area contributed by atoms with Crippen LogP contribution >= 0.6 is 0 Å².